The number of carbonyl (C=O) groups is 2. The minimum atomic E-state index is -0.556. The summed E-state index contributed by atoms with van der Waals surface area (Å²) in [6.07, 6.45) is 7.54. The van der Waals surface area contributed by atoms with Crippen LogP contribution in [0.1, 0.15) is 58.3 Å². The Balaban J connectivity index is 2.03. The van der Waals surface area contributed by atoms with Gasteiger partial charge in [-0.1, -0.05) is 19.8 Å². The molecule has 0 aromatic rings. The summed E-state index contributed by atoms with van der Waals surface area (Å²) in [7, 11) is 0. The van der Waals surface area contributed by atoms with Crippen molar-refractivity contribution in [3.8, 4) is 0 Å². The Morgan fingerprint density at radius 3 is 2.65 bits per heavy atom. The first kappa shape index (κ1) is 14.1. The normalized spacial score (nSPS) is 19.5. The number of rotatable bonds is 8. The van der Waals surface area contributed by atoms with Crippen molar-refractivity contribution in [2.24, 2.45) is 0 Å². The summed E-state index contributed by atoms with van der Waals surface area (Å²) in [5.74, 6) is 0.431. The van der Waals surface area contributed by atoms with Gasteiger partial charge >= 0.3 is 0 Å². The van der Waals surface area contributed by atoms with Crippen molar-refractivity contribution in [3.63, 3.8) is 0 Å². The van der Waals surface area contributed by atoms with Crippen LogP contribution in [0.25, 0.3) is 0 Å². The molecule has 0 heterocycles. The quantitative estimate of drug-likeness (QED) is 0.661. The van der Waals surface area contributed by atoms with Crippen LogP contribution in [0.2, 0.25) is 0 Å². The van der Waals surface area contributed by atoms with Crippen LogP contribution in [-0.4, -0.2) is 22.8 Å². The van der Waals surface area contributed by atoms with E-state index in [1.807, 2.05) is 6.92 Å². The standard InChI is InChI=1S/C14H22O3/c1-2-12(15)8-6-4-3-5-7-11-9-13(16)10-14(11)17/h9,13,16H,2-8,10H2,1H3. The molecule has 1 N–H and O–H groups in total. The van der Waals surface area contributed by atoms with E-state index in [1.165, 1.54) is 0 Å². The second kappa shape index (κ2) is 7.38. The van der Waals surface area contributed by atoms with Gasteiger partial charge in [0.15, 0.2) is 5.78 Å². The molecular weight excluding hydrogens is 216 g/mol. The maximum Gasteiger partial charge on any atom is 0.161 e. The van der Waals surface area contributed by atoms with Crippen LogP contribution in [0.5, 0.6) is 0 Å². The maximum atomic E-state index is 11.4. The lowest BCUT2D eigenvalue weighted by atomic mass is 10.0. The molecule has 1 unspecified atom stereocenters. The molecular formula is C14H22O3. The minimum absolute atomic E-state index is 0.0960. The van der Waals surface area contributed by atoms with E-state index in [2.05, 4.69) is 0 Å². The maximum absolute atomic E-state index is 11.4. The Morgan fingerprint density at radius 1 is 1.35 bits per heavy atom. The third kappa shape index (κ3) is 5.26. The smallest absolute Gasteiger partial charge is 0.161 e. The number of allylic oxidation sites excluding steroid dienone is 1. The molecule has 0 aromatic carbocycles. The van der Waals surface area contributed by atoms with Crippen LogP contribution in [0.3, 0.4) is 0 Å². The molecule has 0 aromatic heterocycles. The number of unbranched alkanes of at least 4 members (excludes halogenated alkanes) is 3. The summed E-state index contributed by atoms with van der Waals surface area (Å²) in [6.45, 7) is 1.89. The van der Waals surface area contributed by atoms with Crippen molar-refractivity contribution in [2.45, 2.75) is 64.4 Å². The zero-order chi connectivity index (χ0) is 12.7. The molecule has 17 heavy (non-hydrogen) atoms. The number of hydrogen-bond acceptors (Lipinski definition) is 3. The molecule has 3 nitrogen and oxygen atoms in total. The molecule has 0 radical (unpaired) electrons. The average molecular weight is 238 g/mol. The molecule has 0 aliphatic heterocycles. The number of ketones is 2. The van der Waals surface area contributed by atoms with E-state index in [0.29, 0.717) is 18.6 Å². The molecule has 0 fully saturated rings. The average Bonchev–Trinajstić information content (AvgIpc) is 2.62. The summed E-state index contributed by atoms with van der Waals surface area (Å²) < 4.78 is 0. The molecule has 0 saturated carbocycles. The van der Waals surface area contributed by atoms with Gasteiger partial charge in [-0.05, 0) is 30.9 Å². The fraction of sp³-hybridized carbons (Fsp3) is 0.714. The van der Waals surface area contributed by atoms with Crippen LogP contribution in [0.15, 0.2) is 11.6 Å². The van der Waals surface area contributed by atoms with Gasteiger partial charge in [0.2, 0.25) is 0 Å². The Labute approximate surface area is 103 Å². The fourth-order valence-corrected chi connectivity index (χ4v) is 2.10. The van der Waals surface area contributed by atoms with Crippen molar-refractivity contribution in [3.05, 3.63) is 11.6 Å². The molecule has 1 aliphatic carbocycles. The molecule has 3 heteroatoms. The van der Waals surface area contributed by atoms with Crippen LogP contribution >= 0.6 is 0 Å². The van der Waals surface area contributed by atoms with Crippen LogP contribution < -0.4 is 0 Å². The highest BCUT2D eigenvalue weighted by Crippen LogP contribution is 2.20. The highest BCUT2D eigenvalue weighted by atomic mass is 16.3. The third-order valence-electron chi connectivity index (χ3n) is 3.19. The molecule has 96 valence electrons. The Hall–Kier alpha value is -0.960. The number of carbonyl (C=O) groups excluding carboxylic acids is 2. The molecule has 1 rings (SSSR count). The minimum Gasteiger partial charge on any atom is -0.389 e. The number of Topliss-reactive ketones (excluding diaryl/α,β-unsaturated/α-hetero) is 2. The van der Waals surface area contributed by atoms with Gasteiger partial charge in [0.25, 0.3) is 0 Å². The Morgan fingerprint density at radius 2 is 2.06 bits per heavy atom. The molecule has 0 bridgehead atoms. The largest absolute Gasteiger partial charge is 0.389 e. The van der Waals surface area contributed by atoms with E-state index in [1.54, 1.807) is 6.08 Å². The van der Waals surface area contributed by atoms with Crippen molar-refractivity contribution in [1.82, 2.24) is 0 Å². The fourth-order valence-electron chi connectivity index (χ4n) is 2.10. The SMILES string of the molecule is CCC(=O)CCCCCCC1=CC(O)CC1=O. The zero-order valence-corrected chi connectivity index (χ0v) is 10.6. The van der Waals surface area contributed by atoms with E-state index >= 15 is 0 Å². The monoisotopic (exact) mass is 238 g/mol. The first-order valence-electron chi connectivity index (χ1n) is 6.57. The molecule has 1 aliphatic rings. The first-order chi connectivity index (χ1) is 8.13. The summed E-state index contributed by atoms with van der Waals surface area (Å²) >= 11 is 0. The van der Waals surface area contributed by atoms with E-state index in [0.717, 1.165) is 37.7 Å². The van der Waals surface area contributed by atoms with Gasteiger partial charge in [-0.2, -0.15) is 0 Å². The predicted molar refractivity (Wildman–Crippen MR) is 66.7 cm³/mol. The topological polar surface area (TPSA) is 54.4 Å². The molecule has 1 atom stereocenters. The number of aliphatic hydroxyl groups is 1. The summed E-state index contributed by atoms with van der Waals surface area (Å²) in [6, 6.07) is 0. The zero-order valence-electron chi connectivity index (χ0n) is 10.6. The van der Waals surface area contributed by atoms with E-state index < -0.39 is 6.10 Å². The number of aliphatic hydroxyl groups excluding tert-OH is 1. The summed E-state index contributed by atoms with van der Waals surface area (Å²) in [5, 5.41) is 9.26. The van der Waals surface area contributed by atoms with Gasteiger partial charge in [-0.25, -0.2) is 0 Å². The summed E-state index contributed by atoms with van der Waals surface area (Å²) in [5.41, 5.74) is 0.794. The molecule has 0 amide bonds. The van der Waals surface area contributed by atoms with Gasteiger partial charge in [0.1, 0.15) is 5.78 Å². The second-order valence-corrected chi connectivity index (χ2v) is 4.69. The Bertz CT molecular complexity index is 305. The second-order valence-electron chi connectivity index (χ2n) is 4.69. The van der Waals surface area contributed by atoms with Crippen molar-refractivity contribution < 1.29 is 14.7 Å². The Kier molecular flexibility index (Phi) is 6.12. The predicted octanol–water partition coefficient (Wildman–Crippen LogP) is 2.57. The van der Waals surface area contributed by atoms with Crippen molar-refractivity contribution >= 4 is 11.6 Å². The van der Waals surface area contributed by atoms with E-state index in [-0.39, 0.29) is 12.2 Å². The number of hydrogen-bond donors (Lipinski definition) is 1. The summed E-state index contributed by atoms with van der Waals surface area (Å²) in [4.78, 5) is 22.4. The molecule has 0 spiro atoms. The highest BCUT2D eigenvalue weighted by molar-refractivity contribution is 5.98. The van der Waals surface area contributed by atoms with Gasteiger partial charge in [0, 0.05) is 19.3 Å². The van der Waals surface area contributed by atoms with Crippen LogP contribution in [0, 0.1) is 0 Å². The highest BCUT2D eigenvalue weighted by Gasteiger charge is 2.21. The lowest BCUT2D eigenvalue weighted by molar-refractivity contribution is -0.119. The van der Waals surface area contributed by atoms with Gasteiger partial charge in [-0.3, -0.25) is 9.59 Å². The first-order valence-corrected chi connectivity index (χ1v) is 6.57. The van der Waals surface area contributed by atoms with E-state index in [9.17, 15) is 14.7 Å². The molecule has 0 saturated heterocycles. The van der Waals surface area contributed by atoms with Crippen molar-refractivity contribution in [1.29, 1.82) is 0 Å². The van der Waals surface area contributed by atoms with E-state index in [4.69, 9.17) is 0 Å². The van der Waals surface area contributed by atoms with Crippen molar-refractivity contribution in [2.75, 3.05) is 0 Å². The van der Waals surface area contributed by atoms with Gasteiger partial charge in [0.05, 0.1) is 6.10 Å². The van der Waals surface area contributed by atoms with Crippen LogP contribution in [0.4, 0.5) is 0 Å². The lowest BCUT2D eigenvalue weighted by Crippen LogP contribution is -2.01. The lowest BCUT2D eigenvalue weighted by Gasteiger charge is -2.01. The third-order valence-corrected chi connectivity index (χ3v) is 3.19. The van der Waals surface area contributed by atoms with Gasteiger partial charge < -0.3 is 5.11 Å². The van der Waals surface area contributed by atoms with Crippen LogP contribution in [-0.2, 0) is 9.59 Å². The van der Waals surface area contributed by atoms with Gasteiger partial charge in [-0.15, -0.1) is 0 Å².